The van der Waals surface area contributed by atoms with Gasteiger partial charge in [0.05, 0.1) is 0 Å². The van der Waals surface area contributed by atoms with Gasteiger partial charge in [0.25, 0.3) is 0 Å². The molecule has 1 unspecified atom stereocenters. The van der Waals surface area contributed by atoms with Crippen LogP contribution in [0.25, 0.3) is 0 Å². The van der Waals surface area contributed by atoms with E-state index in [0.29, 0.717) is 0 Å². The Morgan fingerprint density at radius 2 is 2.33 bits per heavy atom. The molecule has 1 N–H and O–H groups in total. The van der Waals surface area contributed by atoms with Crippen LogP contribution >= 0.6 is 23.5 Å². The van der Waals surface area contributed by atoms with Crippen LogP contribution in [0.5, 0.6) is 5.88 Å². The minimum Gasteiger partial charge on any atom is -0.406 e. The minimum absolute atomic E-state index is 0.145. The summed E-state index contributed by atoms with van der Waals surface area (Å²) in [7, 11) is -3.48. The average molecular weight is 252 g/mol. The first kappa shape index (κ1) is 9.71. The molecule has 0 aliphatic rings. The lowest BCUT2D eigenvalue weighted by Gasteiger charge is -2.06. The standard InChI is InChI=1S/C6H7BrNO3P/c1-12(9,10)11-6-3-2-5(7)4-8-6/h2-4H,1H3,(H,9,10). The molecule has 1 aromatic heterocycles. The lowest BCUT2D eigenvalue weighted by atomic mass is 10.5. The van der Waals surface area contributed by atoms with Crippen molar-refractivity contribution in [3.8, 4) is 5.88 Å². The van der Waals surface area contributed by atoms with Crippen LogP contribution in [0.1, 0.15) is 0 Å². The molecule has 0 fully saturated rings. The monoisotopic (exact) mass is 251 g/mol. The van der Waals surface area contributed by atoms with Gasteiger partial charge in [-0.3, -0.25) is 0 Å². The molecule has 1 rings (SSSR count). The van der Waals surface area contributed by atoms with Crippen molar-refractivity contribution in [1.29, 1.82) is 0 Å². The van der Waals surface area contributed by atoms with Crippen LogP contribution in [0.2, 0.25) is 0 Å². The van der Waals surface area contributed by atoms with E-state index in [9.17, 15) is 4.57 Å². The highest BCUT2D eigenvalue weighted by molar-refractivity contribution is 9.10. The largest absolute Gasteiger partial charge is 0.406 e. The quantitative estimate of drug-likeness (QED) is 0.818. The first-order valence-corrected chi connectivity index (χ1v) is 5.90. The van der Waals surface area contributed by atoms with E-state index in [1.54, 1.807) is 6.07 Å². The zero-order valence-electron chi connectivity index (χ0n) is 6.27. The first-order chi connectivity index (χ1) is 5.47. The topological polar surface area (TPSA) is 59.4 Å². The molecule has 1 aromatic rings. The molecule has 4 nitrogen and oxygen atoms in total. The highest BCUT2D eigenvalue weighted by Gasteiger charge is 2.11. The number of hydrogen-bond acceptors (Lipinski definition) is 3. The van der Waals surface area contributed by atoms with Gasteiger partial charge in [-0.25, -0.2) is 9.55 Å². The predicted molar refractivity (Wildman–Crippen MR) is 48.3 cm³/mol. The Balaban J connectivity index is 2.78. The van der Waals surface area contributed by atoms with Gasteiger partial charge in [0.2, 0.25) is 5.88 Å². The van der Waals surface area contributed by atoms with Gasteiger partial charge in [-0.2, -0.15) is 0 Å². The van der Waals surface area contributed by atoms with E-state index < -0.39 is 7.60 Å². The molecule has 1 heterocycles. The Kier molecular flexibility index (Phi) is 2.88. The van der Waals surface area contributed by atoms with Gasteiger partial charge in [0.1, 0.15) is 0 Å². The second kappa shape index (κ2) is 3.56. The predicted octanol–water partition coefficient (Wildman–Crippen LogP) is 2.04. The molecular weight excluding hydrogens is 245 g/mol. The molecule has 0 bridgehead atoms. The SMILES string of the molecule is CP(=O)(O)Oc1ccc(Br)cn1. The van der Waals surface area contributed by atoms with E-state index >= 15 is 0 Å². The van der Waals surface area contributed by atoms with Crippen molar-refractivity contribution in [3.63, 3.8) is 0 Å². The maximum Gasteiger partial charge on any atom is 0.374 e. The summed E-state index contributed by atoms with van der Waals surface area (Å²) in [4.78, 5) is 12.6. The van der Waals surface area contributed by atoms with Crippen LogP contribution in [-0.4, -0.2) is 16.5 Å². The normalized spacial score (nSPS) is 15.2. The zero-order chi connectivity index (χ0) is 9.19. The molecule has 12 heavy (non-hydrogen) atoms. The number of aromatic nitrogens is 1. The fourth-order valence-corrected chi connectivity index (χ4v) is 1.28. The number of halogens is 1. The lowest BCUT2D eigenvalue weighted by molar-refractivity contribution is 0.381. The summed E-state index contributed by atoms with van der Waals surface area (Å²) >= 11 is 3.18. The van der Waals surface area contributed by atoms with Crippen molar-refractivity contribution in [2.45, 2.75) is 0 Å². The Morgan fingerprint density at radius 3 is 2.75 bits per heavy atom. The molecule has 1 atom stereocenters. The van der Waals surface area contributed by atoms with Crippen LogP contribution in [0.15, 0.2) is 22.8 Å². The number of nitrogens with zero attached hydrogens (tertiary/aromatic N) is 1. The van der Waals surface area contributed by atoms with E-state index in [2.05, 4.69) is 25.4 Å². The van der Waals surface area contributed by atoms with E-state index in [4.69, 9.17) is 4.89 Å². The third-order valence-electron chi connectivity index (χ3n) is 0.963. The summed E-state index contributed by atoms with van der Waals surface area (Å²) in [6, 6.07) is 3.19. The van der Waals surface area contributed by atoms with Gasteiger partial charge in [-0.1, -0.05) is 0 Å². The fraction of sp³-hybridized carbons (Fsp3) is 0.167. The Labute approximate surface area is 78.3 Å². The molecule has 66 valence electrons. The average Bonchev–Trinajstić information content (AvgIpc) is 1.91. The van der Waals surface area contributed by atoms with Crippen LogP contribution in [-0.2, 0) is 4.57 Å². The highest BCUT2D eigenvalue weighted by Crippen LogP contribution is 2.37. The van der Waals surface area contributed by atoms with Crippen molar-refractivity contribution < 1.29 is 14.0 Å². The summed E-state index contributed by atoms with van der Waals surface area (Å²) < 4.78 is 16.2. The Morgan fingerprint density at radius 1 is 1.67 bits per heavy atom. The van der Waals surface area contributed by atoms with Gasteiger partial charge in [-0.15, -0.1) is 0 Å². The number of pyridine rings is 1. The van der Waals surface area contributed by atoms with Crippen molar-refractivity contribution >= 4 is 23.5 Å². The zero-order valence-corrected chi connectivity index (χ0v) is 8.75. The third kappa shape index (κ3) is 3.34. The Hall–Kier alpha value is -0.380. The van der Waals surface area contributed by atoms with Crippen molar-refractivity contribution in [3.05, 3.63) is 22.8 Å². The molecule has 0 radical (unpaired) electrons. The molecule has 0 aromatic carbocycles. The molecule has 0 aliphatic heterocycles. The van der Waals surface area contributed by atoms with E-state index in [1.165, 1.54) is 12.3 Å². The van der Waals surface area contributed by atoms with Crippen molar-refractivity contribution in [2.75, 3.05) is 6.66 Å². The van der Waals surface area contributed by atoms with E-state index in [0.717, 1.165) is 11.1 Å². The maximum atomic E-state index is 10.8. The summed E-state index contributed by atoms with van der Waals surface area (Å²) in [5.41, 5.74) is 0. The van der Waals surface area contributed by atoms with Crippen LogP contribution in [0.3, 0.4) is 0 Å². The van der Waals surface area contributed by atoms with E-state index in [-0.39, 0.29) is 5.88 Å². The fourth-order valence-electron chi connectivity index (χ4n) is 0.590. The summed E-state index contributed by atoms with van der Waals surface area (Å²) in [5.74, 6) is 0.145. The van der Waals surface area contributed by atoms with Crippen molar-refractivity contribution in [1.82, 2.24) is 4.98 Å². The van der Waals surface area contributed by atoms with Crippen molar-refractivity contribution in [2.24, 2.45) is 0 Å². The molecule has 6 heteroatoms. The molecule has 0 amide bonds. The van der Waals surface area contributed by atoms with Gasteiger partial charge < -0.3 is 9.42 Å². The molecule has 0 saturated carbocycles. The van der Waals surface area contributed by atoms with E-state index in [1.807, 2.05) is 0 Å². The minimum atomic E-state index is -3.48. The van der Waals surface area contributed by atoms with Gasteiger partial charge in [0.15, 0.2) is 0 Å². The molecule has 0 spiro atoms. The maximum absolute atomic E-state index is 10.8. The van der Waals surface area contributed by atoms with Crippen LogP contribution in [0, 0.1) is 0 Å². The Bertz CT molecular complexity index is 307. The molecule has 0 aliphatic carbocycles. The number of hydrogen-bond donors (Lipinski definition) is 1. The van der Waals surface area contributed by atoms with Crippen LogP contribution in [0.4, 0.5) is 0 Å². The van der Waals surface area contributed by atoms with Gasteiger partial charge >= 0.3 is 7.60 Å². The smallest absolute Gasteiger partial charge is 0.374 e. The van der Waals surface area contributed by atoms with Gasteiger partial charge in [0, 0.05) is 23.4 Å². The summed E-state index contributed by atoms with van der Waals surface area (Å²) in [5, 5.41) is 0. The second-order valence-electron chi connectivity index (χ2n) is 2.21. The highest BCUT2D eigenvalue weighted by atomic mass is 79.9. The summed E-state index contributed by atoms with van der Waals surface area (Å²) in [6.07, 6.45) is 1.49. The molecule has 0 saturated heterocycles. The first-order valence-electron chi connectivity index (χ1n) is 3.09. The van der Waals surface area contributed by atoms with Gasteiger partial charge in [-0.05, 0) is 22.0 Å². The third-order valence-corrected chi connectivity index (χ3v) is 1.96. The second-order valence-corrected chi connectivity index (χ2v) is 4.91. The summed E-state index contributed by atoms with van der Waals surface area (Å²) in [6.45, 7) is 1.11. The molecular formula is C6H7BrNO3P. The van der Waals surface area contributed by atoms with Crippen LogP contribution < -0.4 is 4.52 Å². The number of rotatable bonds is 2. The lowest BCUT2D eigenvalue weighted by Crippen LogP contribution is -1.91.